The molecule has 5 heteroatoms. The maximum absolute atomic E-state index is 6.00. The molecule has 1 N–H and O–H groups in total. The summed E-state index contributed by atoms with van der Waals surface area (Å²) in [7, 11) is 0. The molecule has 0 saturated heterocycles. The van der Waals surface area contributed by atoms with Crippen LogP contribution in [-0.2, 0) is 19.6 Å². The molecule has 0 aliphatic heterocycles. The fraction of sp³-hybridized carbons (Fsp3) is 0.438. The highest BCUT2D eigenvalue weighted by Gasteiger charge is 2.09. The Morgan fingerprint density at radius 2 is 2.19 bits per heavy atom. The summed E-state index contributed by atoms with van der Waals surface area (Å²) >= 11 is 5.29. The highest BCUT2D eigenvalue weighted by molar-refractivity contribution is 9.10. The predicted octanol–water partition coefficient (Wildman–Crippen LogP) is 4.55. The maximum Gasteiger partial charge on any atom is 0.138 e. The average molecular weight is 369 g/mol. The Morgan fingerprint density at radius 1 is 1.33 bits per heavy atom. The van der Waals surface area contributed by atoms with Crippen LogP contribution < -0.4 is 10.1 Å². The van der Waals surface area contributed by atoms with Gasteiger partial charge in [0.2, 0.25) is 0 Å². The van der Waals surface area contributed by atoms with E-state index in [2.05, 4.69) is 51.5 Å². The van der Waals surface area contributed by atoms with Crippen LogP contribution in [0.2, 0.25) is 0 Å². The third-order valence-corrected chi connectivity index (χ3v) is 4.62. The van der Waals surface area contributed by atoms with Crippen molar-refractivity contribution < 1.29 is 4.74 Å². The lowest BCUT2D eigenvalue weighted by molar-refractivity contribution is 0.296. The smallest absolute Gasteiger partial charge is 0.138 e. The zero-order chi connectivity index (χ0) is 15.1. The van der Waals surface area contributed by atoms with E-state index >= 15 is 0 Å². The van der Waals surface area contributed by atoms with Crippen LogP contribution in [0, 0.1) is 0 Å². The second-order valence-electron chi connectivity index (χ2n) is 4.78. The number of rotatable bonds is 8. The number of aromatic nitrogens is 1. The quantitative estimate of drug-likeness (QED) is 0.742. The predicted molar refractivity (Wildman–Crippen MR) is 92.0 cm³/mol. The highest BCUT2D eigenvalue weighted by atomic mass is 79.9. The number of ether oxygens (including phenoxy) is 1. The molecule has 0 fully saturated rings. The normalized spacial score (nSPS) is 10.8. The van der Waals surface area contributed by atoms with Crippen LogP contribution in [0.25, 0.3) is 0 Å². The van der Waals surface area contributed by atoms with E-state index < -0.39 is 0 Å². The molecule has 21 heavy (non-hydrogen) atoms. The molecule has 1 aromatic carbocycles. The van der Waals surface area contributed by atoms with Gasteiger partial charge in [-0.05, 0) is 41.4 Å². The number of hydrogen-bond acceptors (Lipinski definition) is 4. The summed E-state index contributed by atoms with van der Waals surface area (Å²) in [5.74, 6) is 0.906. The van der Waals surface area contributed by atoms with Crippen molar-refractivity contribution in [2.75, 3.05) is 6.54 Å². The lowest BCUT2D eigenvalue weighted by Crippen LogP contribution is -2.13. The van der Waals surface area contributed by atoms with Gasteiger partial charge < -0.3 is 10.1 Å². The molecular weight excluding hydrogens is 348 g/mol. The van der Waals surface area contributed by atoms with Crippen LogP contribution in [0.4, 0.5) is 0 Å². The van der Waals surface area contributed by atoms with E-state index in [4.69, 9.17) is 4.74 Å². The van der Waals surface area contributed by atoms with Gasteiger partial charge in [0.25, 0.3) is 0 Å². The van der Waals surface area contributed by atoms with Crippen molar-refractivity contribution in [3.05, 3.63) is 44.3 Å². The van der Waals surface area contributed by atoms with Gasteiger partial charge in [-0.25, -0.2) is 4.98 Å². The molecule has 2 rings (SSSR count). The summed E-state index contributed by atoms with van der Waals surface area (Å²) in [5.41, 5.74) is 2.17. The first-order chi connectivity index (χ1) is 10.2. The van der Waals surface area contributed by atoms with Crippen LogP contribution >= 0.6 is 27.3 Å². The molecule has 2 aromatic rings. The Kier molecular flexibility index (Phi) is 6.67. The van der Waals surface area contributed by atoms with E-state index in [0.717, 1.165) is 47.4 Å². The van der Waals surface area contributed by atoms with E-state index in [1.165, 1.54) is 5.01 Å². The van der Waals surface area contributed by atoms with Gasteiger partial charge in [0.15, 0.2) is 0 Å². The van der Waals surface area contributed by atoms with Crippen molar-refractivity contribution in [1.29, 1.82) is 0 Å². The second-order valence-corrected chi connectivity index (χ2v) is 6.58. The van der Waals surface area contributed by atoms with Gasteiger partial charge >= 0.3 is 0 Å². The number of nitrogens with one attached hydrogen (secondary N) is 1. The molecule has 0 atom stereocenters. The van der Waals surface area contributed by atoms with Crippen LogP contribution in [0.5, 0.6) is 5.75 Å². The number of benzene rings is 1. The molecule has 114 valence electrons. The number of thiazole rings is 1. The lowest BCUT2D eigenvalue weighted by Gasteiger charge is -2.13. The third-order valence-electron chi connectivity index (χ3n) is 3.04. The molecular formula is C16H21BrN2OS. The third kappa shape index (κ3) is 4.80. The zero-order valence-corrected chi connectivity index (χ0v) is 14.9. The van der Waals surface area contributed by atoms with Gasteiger partial charge in [-0.2, -0.15) is 0 Å². The van der Waals surface area contributed by atoms with E-state index in [9.17, 15) is 0 Å². The van der Waals surface area contributed by atoms with E-state index in [1.54, 1.807) is 11.3 Å². The molecule has 1 aromatic heterocycles. The monoisotopic (exact) mass is 368 g/mol. The van der Waals surface area contributed by atoms with Crippen molar-refractivity contribution in [2.24, 2.45) is 0 Å². The number of hydrogen-bond donors (Lipinski definition) is 1. The number of nitrogens with zero attached hydrogens (tertiary/aromatic N) is 1. The Bertz CT molecular complexity index is 571. The number of halogens is 1. The molecule has 0 aliphatic rings. The minimum atomic E-state index is 0.516. The first-order valence-electron chi connectivity index (χ1n) is 7.28. The topological polar surface area (TPSA) is 34.1 Å². The largest absolute Gasteiger partial charge is 0.486 e. The molecule has 0 saturated carbocycles. The van der Waals surface area contributed by atoms with Crippen molar-refractivity contribution in [1.82, 2.24) is 10.3 Å². The Labute approximate surface area is 138 Å². The standard InChI is InChI=1S/C16H21BrN2OS/c1-3-6-15-19-13(11-21-15)10-20-16-12(9-18-4-2)7-5-8-14(16)17/h5,7-8,11,18H,3-4,6,9-10H2,1-2H3. The van der Waals surface area contributed by atoms with E-state index in [-0.39, 0.29) is 0 Å². The average Bonchev–Trinajstić information content (AvgIpc) is 2.92. The number of aryl methyl sites for hydroxylation is 1. The molecule has 0 aliphatic carbocycles. The van der Waals surface area contributed by atoms with Crippen molar-refractivity contribution in [3.8, 4) is 5.75 Å². The molecule has 0 radical (unpaired) electrons. The van der Waals surface area contributed by atoms with Crippen molar-refractivity contribution in [3.63, 3.8) is 0 Å². The minimum Gasteiger partial charge on any atom is -0.486 e. The van der Waals surface area contributed by atoms with E-state index in [1.807, 2.05) is 12.1 Å². The van der Waals surface area contributed by atoms with Gasteiger partial charge in [0.1, 0.15) is 12.4 Å². The van der Waals surface area contributed by atoms with Crippen LogP contribution in [-0.4, -0.2) is 11.5 Å². The molecule has 0 amide bonds. The van der Waals surface area contributed by atoms with Crippen LogP contribution in [0.1, 0.15) is 36.5 Å². The molecule has 0 spiro atoms. The van der Waals surface area contributed by atoms with Crippen molar-refractivity contribution in [2.45, 2.75) is 39.8 Å². The Balaban J connectivity index is 2.04. The highest BCUT2D eigenvalue weighted by Crippen LogP contribution is 2.30. The molecule has 0 bridgehead atoms. The summed E-state index contributed by atoms with van der Waals surface area (Å²) in [6.07, 6.45) is 2.18. The molecule has 0 unspecified atom stereocenters. The van der Waals surface area contributed by atoms with Crippen LogP contribution in [0.3, 0.4) is 0 Å². The van der Waals surface area contributed by atoms with E-state index in [0.29, 0.717) is 6.61 Å². The first kappa shape index (κ1) is 16.5. The van der Waals surface area contributed by atoms with Gasteiger partial charge in [-0.3, -0.25) is 0 Å². The first-order valence-corrected chi connectivity index (χ1v) is 8.96. The van der Waals surface area contributed by atoms with Gasteiger partial charge in [-0.15, -0.1) is 11.3 Å². The summed E-state index contributed by atoms with van der Waals surface area (Å²) < 4.78 is 6.99. The van der Waals surface area contributed by atoms with Gasteiger partial charge in [-0.1, -0.05) is 26.0 Å². The summed E-state index contributed by atoms with van der Waals surface area (Å²) in [5, 5.41) is 6.62. The summed E-state index contributed by atoms with van der Waals surface area (Å²) in [6.45, 7) is 6.54. The van der Waals surface area contributed by atoms with Crippen LogP contribution in [0.15, 0.2) is 28.1 Å². The Morgan fingerprint density at radius 3 is 2.95 bits per heavy atom. The maximum atomic E-state index is 6.00. The molecule has 1 heterocycles. The minimum absolute atomic E-state index is 0.516. The zero-order valence-electron chi connectivity index (χ0n) is 12.5. The van der Waals surface area contributed by atoms with Gasteiger partial charge in [0, 0.05) is 17.5 Å². The fourth-order valence-electron chi connectivity index (χ4n) is 2.00. The summed E-state index contributed by atoms with van der Waals surface area (Å²) in [4.78, 5) is 4.60. The fourth-order valence-corrected chi connectivity index (χ4v) is 3.41. The lowest BCUT2D eigenvalue weighted by atomic mass is 10.2. The number of para-hydroxylation sites is 1. The van der Waals surface area contributed by atoms with Crippen molar-refractivity contribution >= 4 is 27.3 Å². The molecule has 3 nitrogen and oxygen atoms in total. The second kappa shape index (κ2) is 8.51. The summed E-state index contributed by atoms with van der Waals surface area (Å²) in [6, 6.07) is 6.13. The SMILES string of the molecule is CCCc1nc(COc2c(Br)cccc2CNCC)cs1. The Hall–Kier alpha value is -0.910. The van der Waals surface area contributed by atoms with Gasteiger partial charge in [0.05, 0.1) is 15.2 Å².